The second-order valence-electron chi connectivity index (χ2n) is 3.08. The van der Waals surface area contributed by atoms with E-state index in [1.165, 1.54) is 6.20 Å². The molecule has 0 fully saturated rings. The first-order valence-electron chi connectivity index (χ1n) is 4.40. The van der Waals surface area contributed by atoms with Gasteiger partial charge in [0.05, 0.1) is 6.20 Å². The number of rotatable bonds is 3. The summed E-state index contributed by atoms with van der Waals surface area (Å²) >= 11 is 0. The molecule has 0 aliphatic heterocycles. The van der Waals surface area contributed by atoms with E-state index in [4.69, 9.17) is 0 Å². The zero-order chi connectivity index (χ0) is 10.7. The molecule has 0 aliphatic rings. The van der Waals surface area contributed by atoms with E-state index in [1.54, 1.807) is 24.3 Å². The predicted molar refractivity (Wildman–Crippen MR) is 52.3 cm³/mol. The minimum atomic E-state index is -0.815. The number of aromatic amines is 1. The van der Waals surface area contributed by atoms with Gasteiger partial charge in [-0.25, -0.2) is 0 Å². The van der Waals surface area contributed by atoms with Crippen LogP contribution in [0.2, 0.25) is 0 Å². The van der Waals surface area contributed by atoms with E-state index in [1.807, 2.05) is 0 Å². The summed E-state index contributed by atoms with van der Waals surface area (Å²) in [5, 5.41) is 19.6. The molecule has 15 heavy (non-hydrogen) atoms. The number of aliphatic hydroxyl groups is 1. The number of aliphatic hydroxyl groups excluding tert-OH is 1. The van der Waals surface area contributed by atoms with Gasteiger partial charge in [-0.1, -0.05) is 24.3 Å². The number of aldehydes is 1. The highest BCUT2D eigenvalue weighted by atomic mass is 16.3. The van der Waals surface area contributed by atoms with Crippen molar-refractivity contribution in [2.45, 2.75) is 6.10 Å². The summed E-state index contributed by atoms with van der Waals surface area (Å²) in [5.74, 6) is 0. The van der Waals surface area contributed by atoms with E-state index in [9.17, 15) is 9.90 Å². The summed E-state index contributed by atoms with van der Waals surface area (Å²) in [6.45, 7) is 0. The minimum absolute atomic E-state index is 0.453. The molecular weight excluding hydrogens is 194 g/mol. The number of nitrogens with zero attached hydrogens (tertiary/aromatic N) is 2. The van der Waals surface area contributed by atoms with E-state index in [-0.39, 0.29) is 0 Å². The molecule has 1 aromatic heterocycles. The van der Waals surface area contributed by atoms with Gasteiger partial charge in [-0.3, -0.25) is 4.79 Å². The molecule has 0 aliphatic carbocycles. The van der Waals surface area contributed by atoms with Gasteiger partial charge in [0, 0.05) is 5.56 Å². The Balaban J connectivity index is 2.26. The number of carbonyl (C=O) groups excluding carboxylic acids is 1. The van der Waals surface area contributed by atoms with Crippen LogP contribution in [0.25, 0.3) is 0 Å². The Hall–Kier alpha value is -2.01. The third kappa shape index (κ3) is 1.92. The van der Waals surface area contributed by atoms with Gasteiger partial charge < -0.3 is 5.11 Å². The van der Waals surface area contributed by atoms with Gasteiger partial charge >= 0.3 is 0 Å². The quantitative estimate of drug-likeness (QED) is 0.719. The van der Waals surface area contributed by atoms with E-state index >= 15 is 0 Å². The van der Waals surface area contributed by atoms with Crippen molar-refractivity contribution in [3.05, 3.63) is 47.3 Å². The van der Waals surface area contributed by atoms with Crippen molar-refractivity contribution in [3.63, 3.8) is 0 Å². The summed E-state index contributed by atoms with van der Waals surface area (Å²) in [6.07, 6.45) is 1.40. The van der Waals surface area contributed by atoms with E-state index in [2.05, 4.69) is 15.4 Å². The molecule has 1 aromatic carbocycles. The first kappa shape index (κ1) is 9.54. The Morgan fingerprint density at radius 2 is 2.07 bits per heavy atom. The van der Waals surface area contributed by atoms with Crippen molar-refractivity contribution in [3.8, 4) is 0 Å². The zero-order valence-electron chi connectivity index (χ0n) is 7.79. The highest BCUT2D eigenvalue weighted by molar-refractivity contribution is 5.74. The number of benzene rings is 1. The van der Waals surface area contributed by atoms with Gasteiger partial charge in [-0.2, -0.15) is 15.4 Å². The van der Waals surface area contributed by atoms with Gasteiger partial charge in [0.2, 0.25) is 0 Å². The number of hydrogen-bond acceptors (Lipinski definition) is 4. The van der Waals surface area contributed by atoms with Crippen LogP contribution in [0.4, 0.5) is 0 Å². The van der Waals surface area contributed by atoms with Crippen molar-refractivity contribution >= 4 is 6.29 Å². The number of aromatic nitrogens is 3. The van der Waals surface area contributed by atoms with E-state index in [0.717, 1.165) is 6.29 Å². The Labute approximate surface area is 85.8 Å². The lowest BCUT2D eigenvalue weighted by Gasteiger charge is -2.06. The number of H-pyrrole nitrogens is 1. The van der Waals surface area contributed by atoms with E-state index in [0.29, 0.717) is 16.8 Å². The van der Waals surface area contributed by atoms with Crippen molar-refractivity contribution in [1.82, 2.24) is 15.4 Å². The molecule has 0 saturated heterocycles. The first-order valence-corrected chi connectivity index (χ1v) is 4.40. The predicted octanol–water partition coefficient (Wildman–Crippen LogP) is 0.699. The maximum absolute atomic E-state index is 10.4. The summed E-state index contributed by atoms with van der Waals surface area (Å²) in [4.78, 5) is 10.4. The van der Waals surface area contributed by atoms with Gasteiger partial charge in [0.25, 0.3) is 0 Å². The molecule has 0 spiro atoms. The fraction of sp³-hybridized carbons (Fsp3) is 0.100. The molecule has 5 heteroatoms. The SMILES string of the molecule is O=Cc1ccc(C(O)c2cn[nH]n2)cc1. The Morgan fingerprint density at radius 3 is 2.60 bits per heavy atom. The Kier molecular flexibility index (Phi) is 2.55. The molecule has 0 amide bonds. The van der Waals surface area contributed by atoms with Crippen molar-refractivity contribution in [1.29, 1.82) is 0 Å². The van der Waals surface area contributed by atoms with Crippen LogP contribution in [-0.2, 0) is 0 Å². The molecule has 2 N–H and O–H groups in total. The molecule has 2 aromatic rings. The molecule has 5 nitrogen and oxygen atoms in total. The first-order chi connectivity index (χ1) is 7.31. The fourth-order valence-electron chi connectivity index (χ4n) is 1.27. The van der Waals surface area contributed by atoms with Crippen molar-refractivity contribution in [2.24, 2.45) is 0 Å². The van der Waals surface area contributed by atoms with Crippen molar-refractivity contribution < 1.29 is 9.90 Å². The van der Waals surface area contributed by atoms with Gasteiger partial charge in [0.15, 0.2) is 0 Å². The Bertz CT molecular complexity index is 436. The van der Waals surface area contributed by atoms with Crippen LogP contribution in [0.3, 0.4) is 0 Å². The molecular formula is C10H9N3O2. The molecule has 1 heterocycles. The average Bonchev–Trinajstić information content (AvgIpc) is 2.82. The summed E-state index contributed by atoms with van der Waals surface area (Å²) < 4.78 is 0. The second-order valence-corrected chi connectivity index (χ2v) is 3.08. The molecule has 0 radical (unpaired) electrons. The van der Waals surface area contributed by atoms with Gasteiger partial charge in [-0.05, 0) is 5.56 Å². The smallest absolute Gasteiger partial charge is 0.150 e. The standard InChI is InChI=1S/C10H9N3O2/c14-6-7-1-3-8(4-2-7)10(15)9-5-11-13-12-9/h1-6,10,15H,(H,11,12,13). The lowest BCUT2D eigenvalue weighted by molar-refractivity contribution is 0.112. The summed E-state index contributed by atoms with van der Waals surface area (Å²) in [6, 6.07) is 6.66. The lowest BCUT2D eigenvalue weighted by Crippen LogP contribution is -2.00. The fourth-order valence-corrected chi connectivity index (χ4v) is 1.27. The van der Waals surface area contributed by atoms with Crippen LogP contribution < -0.4 is 0 Å². The molecule has 76 valence electrons. The lowest BCUT2D eigenvalue weighted by atomic mass is 10.1. The minimum Gasteiger partial charge on any atom is -0.382 e. The molecule has 0 bridgehead atoms. The zero-order valence-corrected chi connectivity index (χ0v) is 7.79. The second kappa shape index (κ2) is 4.02. The number of nitrogens with one attached hydrogen (secondary N) is 1. The van der Waals surface area contributed by atoms with Crippen LogP contribution >= 0.6 is 0 Å². The average molecular weight is 203 g/mol. The summed E-state index contributed by atoms with van der Waals surface area (Å²) in [5.41, 5.74) is 1.70. The molecule has 0 saturated carbocycles. The van der Waals surface area contributed by atoms with E-state index < -0.39 is 6.10 Å². The van der Waals surface area contributed by atoms with Crippen LogP contribution in [0, 0.1) is 0 Å². The molecule has 1 unspecified atom stereocenters. The summed E-state index contributed by atoms with van der Waals surface area (Å²) in [7, 11) is 0. The van der Waals surface area contributed by atoms with Crippen LogP contribution in [0.15, 0.2) is 30.5 Å². The maximum atomic E-state index is 10.4. The highest BCUT2D eigenvalue weighted by Gasteiger charge is 2.12. The van der Waals surface area contributed by atoms with Gasteiger partial charge in [0.1, 0.15) is 18.1 Å². The van der Waals surface area contributed by atoms with Crippen molar-refractivity contribution in [2.75, 3.05) is 0 Å². The maximum Gasteiger partial charge on any atom is 0.150 e. The highest BCUT2D eigenvalue weighted by Crippen LogP contribution is 2.18. The Morgan fingerprint density at radius 1 is 1.33 bits per heavy atom. The van der Waals surface area contributed by atoms with Crippen LogP contribution in [-0.4, -0.2) is 26.8 Å². The van der Waals surface area contributed by atoms with Crippen LogP contribution in [0.1, 0.15) is 27.7 Å². The third-order valence-corrected chi connectivity index (χ3v) is 2.10. The van der Waals surface area contributed by atoms with Crippen LogP contribution in [0.5, 0.6) is 0 Å². The largest absolute Gasteiger partial charge is 0.382 e. The monoisotopic (exact) mass is 203 g/mol. The molecule has 1 atom stereocenters. The number of carbonyl (C=O) groups is 1. The number of hydrogen-bond donors (Lipinski definition) is 2. The third-order valence-electron chi connectivity index (χ3n) is 2.10. The molecule has 2 rings (SSSR count). The normalized spacial score (nSPS) is 12.3. The topological polar surface area (TPSA) is 78.9 Å². The van der Waals surface area contributed by atoms with Gasteiger partial charge in [-0.15, -0.1) is 0 Å².